The van der Waals surface area contributed by atoms with Crippen LogP contribution in [0.25, 0.3) is 0 Å². The van der Waals surface area contributed by atoms with Crippen molar-refractivity contribution in [3.8, 4) is 0 Å². The van der Waals surface area contributed by atoms with Crippen molar-refractivity contribution in [2.45, 2.75) is 38.5 Å². The summed E-state index contributed by atoms with van der Waals surface area (Å²) in [6.07, 6.45) is 0. The van der Waals surface area contributed by atoms with Gasteiger partial charge in [-0.25, -0.2) is 0 Å². The Morgan fingerprint density at radius 2 is 0.579 bits per heavy atom. The number of rotatable bonds is 6. The molecule has 2 aliphatic rings. The average Bonchev–Trinajstić information content (AvgIpc) is 3.26. The molecular weight excluding hydrogens is 705 g/mol. The van der Waals surface area contributed by atoms with Crippen molar-refractivity contribution >= 4 is 62.9 Å². The Bertz CT molecular complexity index is 2480. The van der Waals surface area contributed by atoms with Gasteiger partial charge in [0, 0.05) is 22.2 Å². The monoisotopic (exact) mass is 750 g/mol. The summed E-state index contributed by atoms with van der Waals surface area (Å²) in [6, 6.07) is 77.3. The molecule has 0 aromatic heterocycles. The predicted molar refractivity (Wildman–Crippen MR) is 244 cm³/mol. The summed E-state index contributed by atoms with van der Waals surface area (Å²) in [5, 5.41) is 5.39. The minimum Gasteiger partial charge on any atom is -0.310 e. The van der Waals surface area contributed by atoms with Gasteiger partial charge in [0.25, 0.3) is 0 Å². The fourth-order valence-electron chi connectivity index (χ4n) is 10.0. The molecule has 0 amide bonds. The second-order valence-corrected chi connectivity index (χ2v) is 20.4. The number of anilines is 6. The van der Waals surface area contributed by atoms with Crippen LogP contribution in [0, 0.1) is 0 Å². The van der Waals surface area contributed by atoms with Crippen molar-refractivity contribution in [3.63, 3.8) is 0 Å². The first-order valence-electron chi connectivity index (χ1n) is 20.1. The lowest BCUT2D eigenvalue weighted by atomic mass is 9.73. The molecule has 0 atom stereocenters. The first kappa shape index (κ1) is 35.0. The molecular formula is C54H46N2Si. The van der Waals surface area contributed by atoms with Gasteiger partial charge in [-0.1, -0.05) is 185 Å². The summed E-state index contributed by atoms with van der Waals surface area (Å²) in [5.74, 6) is 0. The molecule has 8 aromatic carbocycles. The highest BCUT2D eigenvalue weighted by atomic mass is 28.3. The summed E-state index contributed by atoms with van der Waals surface area (Å²) >= 11 is 0. The number of para-hydroxylation sites is 4. The molecule has 0 bridgehead atoms. The maximum Gasteiger partial charge on any atom is 0.179 e. The van der Waals surface area contributed by atoms with Gasteiger partial charge in [0.15, 0.2) is 8.07 Å². The molecule has 276 valence electrons. The third kappa shape index (κ3) is 5.30. The average molecular weight is 751 g/mol. The van der Waals surface area contributed by atoms with Crippen molar-refractivity contribution in [1.29, 1.82) is 0 Å². The lowest BCUT2D eigenvalue weighted by Crippen LogP contribution is -2.74. The maximum absolute atomic E-state index is 2.97. The molecule has 3 heteroatoms. The van der Waals surface area contributed by atoms with E-state index >= 15 is 0 Å². The molecule has 0 N–H and O–H groups in total. The number of nitrogens with zero attached hydrogens (tertiary/aromatic N) is 2. The predicted octanol–water partition coefficient (Wildman–Crippen LogP) is 11.3. The van der Waals surface area contributed by atoms with E-state index in [-0.39, 0.29) is 10.8 Å². The number of hydrogen-bond donors (Lipinski definition) is 0. The Morgan fingerprint density at radius 3 is 0.912 bits per heavy atom. The zero-order chi connectivity index (χ0) is 38.8. The first-order valence-corrected chi connectivity index (χ1v) is 22.1. The number of benzene rings is 8. The van der Waals surface area contributed by atoms with Crippen LogP contribution in [0.5, 0.6) is 0 Å². The van der Waals surface area contributed by atoms with E-state index in [1.54, 1.807) is 0 Å². The van der Waals surface area contributed by atoms with Crippen LogP contribution >= 0.6 is 0 Å². The maximum atomic E-state index is 2.50. The van der Waals surface area contributed by atoms with Gasteiger partial charge >= 0.3 is 0 Å². The molecule has 0 aliphatic carbocycles. The van der Waals surface area contributed by atoms with E-state index in [9.17, 15) is 0 Å². The van der Waals surface area contributed by atoms with E-state index in [2.05, 4.69) is 244 Å². The Labute approximate surface area is 338 Å². The van der Waals surface area contributed by atoms with Crippen LogP contribution < -0.4 is 30.5 Å². The Kier molecular flexibility index (Phi) is 8.21. The second-order valence-electron chi connectivity index (χ2n) is 16.6. The van der Waals surface area contributed by atoms with Gasteiger partial charge < -0.3 is 9.80 Å². The zero-order valence-corrected chi connectivity index (χ0v) is 34.0. The molecule has 57 heavy (non-hydrogen) atoms. The summed E-state index contributed by atoms with van der Waals surface area (Å²) in [4.78, 5) is 4.99. The number of fused-ring (bicyclic) bond motifs is 4. The third-order valence-electron chi connectivity index (χ3n) is 12.8. The van der Waals surface area contributed by atoms with E-state index in [1.165, 1.54) is 77.1 Å². The summed E-state index contributed by atoms with van der Waals surface area (Å²) in [5.41, 5.74) is 12.4. The first-order chi connectivity index (χ1) is 27.8. The van der Waals surface area contributed by atoms with Crippen molar-refractivity contribution in [3.05, 3.63) is 229 Å². The molecule has 8 aromatic rings. The molecule has 2 heterocycles. The summed E-state index contributed by atoms with van der Waals surface area (Å²) < 4.78 is 0. The minimum absolute atomic E-state index is 0.130. The van der Waals surface area contributed by atoms with E-state index < -0.39 is 8.07 Å². The van der Waals surface area contributed by atoms with Crippen LogP contribution in [0.4, 0.5) is 34.1 Å². The van der Waals surface area contributed by atoms with Crippen molar-refractivity contribution in [2.75, 3.05) is 9.80 Å². The molecule has 2 nitrogen and oxygen atoms in total. The zero-order valence-electron chi connectivity index (χ0n) is 33.0. The summed E-state index contributed by atoms with van der Waals surface area (Å²) in [7, 11) is -2.97. The lowest BCUT2D eigenvalue weighted by Gasteiger charge is -2.43. The van der Waals surface area contributed by atoms with Gasteiger partial charge in [0.05, 0.1) is 22.7 Å². The van der Waals surface area contributed by atoms with E-state index in [0.717, 1.165) is 0 Å². The van der Waals surface area contributed by atoms with Gasteiger partial charge in [-0.15, -0.1) is 0 Å². The SMILES string of the molecule is CC1(C)c2ccccc2N(c2cccc([Si](c3ccccc3)(c3ccccc3)c3cccc(N4c5ccccc5C(C)(C)c5ccccc54)c3)c2)c2ccccc21. The molecule has 0 saturated carbocycles. The topological polar surface area (TPSA) is 6.48 Å². The highest BCUT2D eigenvalue weighted by Gasteiger charge is 2.44. The van der Waals surface area contributed by atoms with E-state index in [1.807, 2.05) is 0 Å². The molecule has 0 spiro atoms. The highest BCUT2D eigenvalue weighted by molar-refractivity contribution is 7.20. The van der Waals surface area contributed by atoms with Gasteiger partial charge in [-0.2, -0.15) is 0 Å². The van der Waals surface area contributed by atoms with Crippen LogP contribution in [0.3, 0.4) is 0 Å². The molecule has 2 aliphatic heterocycles. The molecule has 0 fully saturated rings. The molecule has 10 rings (SSSR count). The van der Waals surface area contributed by atoms with Crippen molar-refractivity contribution < 1.29 is 0 Å². The largest absolute Gasteiger partial charge is 0.310 e. The Hall–Kier alpha value is -6.42. The van der Waals surface area contributed by atoms with Crippen LogP contribution in [-0.4, -0.2) is 8.07 Å². The smallest absolute Gasteiger partial charge is 0.179 e. The minimum atomic E-state index is -2.97. The van der Waals surface area contributed by atoms with Gasteiger partial charge in [-0.3, -0.25) is 0 Å². The lowest BCUT2D eigenvalue weighted by molar-refractivity contribution is 0.632. The van der Waals surface area contributed by atoms with Crippen molar-refractivity contribution in [1.82, 2.24) is 0 Å². The normalized spacial score (nSPS) is 14.9. The standard InChI is InChI=1S/C54H46N2Si/c1-53(2)45-29-11-15-33-49(45)55(50-34-16-12-30-46(50)53)39-21-19-27-43(37-39)57(41-23-7-5-8-24-41,42-25-9-6-10-26-42)44-28-20-22-40(38-44)56-51-35-17-13-31-47(51)54(3,4)48-32-14-18-36-52(48)56/h5-38H,1-4H3. The van der Waals surface area contributed by atoms with Gasteiger partial charge in [-0.05, 0) is 91.5 Å². The fourth-order valence-corrected chi connectivity index (χ4v) is 14.8. The second kappa shape index (κ2) is 13.4. The Balaban J connectivity index is 1.24. The van der Waals surface area contributed by atoms with E-state index in [0.29, 0.717) is 0 Å². The van der Waals surface area contributed by atoms with Crippen molar-refractivity contribution in [2.24, 2.45) is 0 Å². The van der Waals surface area contributed by atoms with Crippen LogP contribution in [-0.2, 0) is 10.8 Å². The Morgan fingerprint density at radius 1 is 0.298 bits per heavy atom. The number of hydrogen-bond acceptors (Lipinski definition) is 2. The molecule has 0 unspecified atom stereocenters. The highest BCUT2D eigenvalue weighted by Crippen LogP contribution is 2.53. The fraction of sp³-hybridized carbons (Fsp3) is 0.111. The third-order valence-corrected chi connectivity index (χ3v) is 17.5. The van der Waals surface area contributed by atoms with E-state index in [4.69, 9.17) is 0 Å². The molecule has 0 saturated heterocycles. The van der Waals surface area contributed by atoms with Crippen LogP contribution in [0.2, 0.25) is 0 Å². The summed E-state index contributed by atoms with van der Waals surface area (Å²) in [6.45, 7) is 9.42. The van der Waals surface area contributed by atoms with Crippen LogP contribution in [0.1, 0.15) is 49.9 Å². The molecule has 0 radical (unpaired) electrons. The van der Waals surface area contributed by atoms with Gasteiger partial charge in [0.2, 0.25) is 0 Å². The quantitative estimate of drug-likeness (QED) is 0.123. The van der Waals surface area contributed by atoms with Crippen LogP contribution in [0.15, 0.2) is 206 Å². The van der Waals surface area contributed by atoms with Gasteiger partial charge in [0.1, 0.15) is 0 Å².